The molecule has 0 fully saturated rings. The second-order valence-corrected chi connectivity index (χ2v) is 16.7. The van der Waals surface area contributed by atoms with Crippen molar-refractivity contribution in [3.63, 3.8) is 0 Å². The molecule has 0 bridgehead atoms. The summed E-state index contributed by atoms with van der Waals surface area (Å²) in [6, 6.07) is 14.0. The van der Waals surface area contributed by atoms with Gasteiger partial charge in [-0.05, 0) is 96.0 Å². The van der Waals surface area contributed by atoms with E-state index in [2.05, 4.69) is 12.2 Å². The number of methoxy groups -OCH3 is 1. The lowest BCUT2D eigenvalue weighted by Gasteiger charge is -2.35. The summed E-state index contributed by atoms with van der Waals surface area (Å²) in [7, 11) is 1.61. The molecular weight excluding hydrogens is 711 g/mol. The van der Waals surface area contributed by atoms with Gasteiger partial charge in [0.15, 0.2) is 5.60 Å². The van der Waals surface area contributed by atoms with E-state index in [0.29, 0.717) is 25.0 Å². The van der Waals surface area contributed by atoms with E-state index in [1.54, 1.807) is 54.7 Å². The Hall–Kier alpha value is -4.02. The van der Waals surface area contributed by atoms with Crippen LogP contribution in [0, 0.1) is 5.92 Å². The molecule has 3 atom stereocenters. The fourth-order valence-corrected chi connectivity index (χ4v) is 6.31. The van der Waals surface area contributed by atoms with E-state index in [-0.39, 0.29) is 6.42 Å². The van der Waals surface area contributed by atoms with Crippen LogP contribution in [0.1, 0.15) is 138 Å². The van der Waals surface area contributed by atoms with Gasteiger partial charge in [-0.15, -0.1) is 0 Å². The quantitative estimate of drug-likeness (QED) is 0.0512. The van der Waals surface area contributed by atoms with Gasteiger partial charge in [-0.3, -0.25) is 9.59 Å². The first-order valence-electron chi connectivity index (χ1n) is 20.4. The number of hydrogen-bond donors (Lipinski definition) is 3. The first-order chi connectivity index (χ1) is 26.4. The summed E-state index contributed by atoms with van der Waals surface area (Å²) in [5, 5.41) is 24.7. The van der Waals surface area contributed by atoms with Gasteiger partial charge < -0.3 is 29.7 Å². The van der Waals surface area contributed by atoms with Gasteiger partial charge in [0.05, 0.1) is 13.0 Å². The minimum Gasteiger partial charge on any atom is -0.497 e. The molecule has 0 aromatic heterocycles. The number of carbonyl (C=O) groups is 4. The highest BCUT2D eigenvalue weighted by Crippen LogP contribution is 2.29. The van der Waals surface area contributed by atoms with Gasteiger partial charge in [0, 0.05) is 32.3 Å². The SMILES string of the molecule is CCCCCCCC(=O)CCCCCC/C=C/[C@H](C(=O)N[C@@H](Cc1ccc(-c2cccc(OC)c2)cc1)C(=O)OC(C)(C)C)[C@@](O)(CCO)C(=O)OC(C)(C)C. The first kappa shape index (κ1) is 48.1. The lowest BCUT2D eigenvalue weighted by atomic mass is 9.82. The maximum atomic E-state index is 14.2. The van der Waals surface area contributed by atoms with Crippen LogP contribution in [0.5, 0.6) is 5.75 Å². The summed E-state index contributed by atoms with van der Waals surface area (Å²) in [4.78, 5) is 53.7. The zero-order valence-electron chi connectivity index (χ0n) is 35.3. The van der Waals surface area contributed by atoms with Crippen molar-refractivity contribution in [1.29, 1.82) is 0 Å². The summed E-state index contributed by atoms with van der Waals surface area (Å²) in [6.07, 6.45) is 13.6. The number of unbranched alkanes of at least 4 members (excludes halogenated alkanes) is 8. The molecule has 2 aromatic rings. The van der Waals surface area contributed by atoms with Crippen molar-refractivity contribution >= 4 is 23.6 Å². The maximum absolute atomic E-state index is 14.2. The smallest absolute Gasteiger partial charge is 0.339 e. The molecule has 0 heterocycles. The van der Waals surface area contributed by atoms with Crippen LogP contribution < -0.4 is 10.1 Å². The van der Waals surface area contributed by atoms with Crippen LogP contribution in [0.3, 0.4) is 0 Å². The Morgan fingerprint density at radius 2 is 1.39 bits per heavy atom. The number of nitrogens with one attached hydrogen (secondary N) is 1. The Labute approximate surface area is 335 Å². The number of hydrogen-bond acceptors (Lipinski definition) is 9. The van der Waals surface area contributed by atoms with E-state index in [9.17, 15) is 29.4 Å². The molecule has 0 saturated carbocycles. The number of allylic oxidation sites excluding steroid dienone is 1. The van der Waals surface area contributed by atoms with Gasteiger partial charge in [0.1, 0.15) is 28.8 Å². The fourth-order valence-electron chi connectivity index (χ4n) is 6.31. The molecule has 0 aliphatic carbocycles. The summed E-state index contributed by atoms with van der Waals surface area (Å²) in [6.45, 7) is 11.7. The van der Waals surface area contributed by atoms with Crippen LogP contribution in [0.4, 0.5) is 0 Å². The number of carbonyl (C=O) groups excluding carboxylic acids is 4. The lowest BCUT2D eigenvalue weighted by molar-refractivity contribution is -0.185. The van der Waals surface area contributed by atoms with Crippen LogP contribution in [-0.4, -0.2) is 70.4 Å². The number of rotatable bonds is 25. The summed E-state index contributed by atoms with van der Waals surface area (Å²) in [5.41, 5.74) is -1.65. The Morgan fingerprint density at radius 3 is 1.96 bits per heavy atom. The summed E-state index contributed by atoms with van der Waals surface area (Å²) in [5.74, 6) is -2.98. The van der Waals surface area contributed by atoms with Crippen molar-refractivity contribution in [2.75, 3.05) is 13.7 Å². The molecule has 2 rings (SSSR count). The first-order valence-corrected chi connectivity index (χ1v) is 20.4. The lowest BCUT2D eigenvalue weighted by Crippen LogP contribution is -2.56. The van der Waals surface area contributed by atoms with E-state index in [1.807, 2.05) is 48.5 Å². The average molecular weight is 780 g/mol. The highest BCUT2D eigenvalue weighted by atomic mass is 16.6. The predicted molar refractivity (Wildman–Crippen MR) is 221 cm³/mol. The molecule has 10 nitrogen and oxygen atoms in total. The molecular formula is C46H69NO9. The van der Waals surface area contributed by atoms with E-state index in [0.717, 1.165) is 61.0 Å². The van der Waals surface area contributed by atoms with Gasteiger partial charge >= 0.3 is 11.9 Å². The van der Waals surface area contributed by atoms with Crippen LogP contribution in [0.2, 0.25) is 0 Å². The van der Waals surface area contributed by atoms with Gasteiger partial charge in [-0.1, -0.05) is 94.0 Å². The van der Waals surface area contributed by atoms with Gasteiger partial charge in [0.2, 0.25) is 5.91 Å². The molecule has 0 spiro atoms. The maximum Gasteiger partial charge on any atom is 0.339 e. The molecule has 0 aliphatic rings. The third-order valence-electron chi connectivity index (χ3n) is 9.31. The molecule has 0 saturated heterocycles. The van der Waals surface area contributed by atoms with Gasteiger partial charge in [-0.2, -0.15) is 0 Å². The second kappa shape index (κ2) is 23.9. The normalized spacial score (nSPS) is 14.1. The molecule has 56 heavy (non-hydrogen) atoms. The van der Waals surface area contributed by atoms with E-state index in [4.69, 9.17) is 14.2 Å². The Morgan fingerprint density at radius 1 is 0.786 bits per heavy atom. The largest absolute Gasteiger partial charge is 0.497 e. The number of aliphatic hydroxyl groups excluding tert-OH is 1. The molecule has 0 radical (unpaired) electrons. The van der Waals surface area contributed by atoms with Gasteiger partial charge in [0.25, 0.3) is 0 Å². The summed E-state index contributed by atoms with van der Waals surface area (Å²) < 4.78 is 16.6. The zero-order valence-corrected chi connectivity index (χ0v) is 35.3. The minimum absolute atomic E-state index is 0.0711. The summed E-state index contributed by atoms with van der Waals surface area (Å²) >= 11 is 0. The van der Waals surface area contributed by atoms with Crippen LogP contribution >= 0.6 is 0 Å². The standard InChI is InChI=1S/C46H69NO9/c1-9-10-11-14-17-22-37(49)23-18-15-12-13-16-19-25-39(46(53,30-31-48)43(52)56-45(5,6)7)41(50)47-40(42(51)55-44(2,3)4)32-34-26-28-35(29-27-34)36-21-20-24-38(33-36)54-8/h19-21,24-29,33,39-40,48,53H,9-18,22-23,30-32H2,1-8H3,(H,47,50)/b25-19+/t39-,40+,46+/m1/s1. The van der Waals surface area contributed by atoms with E-state index < -0.39 is 59.6 Å². The van der Waals surface area contributed by atoms with Crippen LogP contribution in [-0.2, 0) is 35.1 Å². The number of Topliss-reactive ketones (excluding diaryl/α,β-unsaturated/α-hetero) is 1. The monoisotopic (exact) mass is 779 g/mol. The number of amides is 1. The minimum atomic E-state index is -2.43. The van der Waals surface area contributed by atoms with Crippen LogP contribution in [0.25, 0.3) is 11.1 Å². The molecule has 0 unspecified atom stereocenters. The molecule has 3 N–H and O–H groups in total. The highest BCUT2D eigenvalue weighted by Gasteiger charge is 2.49. The van der Waals surface area contributed by atoms with Crippen molar-refractivity contribution in [2.45, 2.75) is 161 Å². The second-order valence-electron chi connectivity index (χ2n) is 16.7. The molecule has 312 valence electrons. The van der Waals surface area contributed by atoms with E-state index >= 15 is 0 Å². The zero-order chi connectivity index (χ0) is 41.8. The molecule has 10 heteroatoms. The van der Waals surface area contributed by atoms with Crippen molar-refractivity contribution in [3.8, 4) is 16.9 Å². The van der Waals surface area contributed by atoms with Crippen molar-refractivity contribution in [1.82, 2.24) is 5.32 Å². The highest BCUT2D eigenvalue weighted by molar-refractivity contribution is 5.93. The number of ketones is 1. The molecule has 2 aromatic carbocycles. The number of esters is 2. The average Bonchev–Trinajstić information content (AvgIpc) is 3.12. The third kappa shape index (κ3) is 17.8. The Bertz CT molecular complexity index is 1540. The Kier molecular flexibility index (Phi) is 20.5. The van der Waals surface area contributed by atoms with Crippen molar-refractivity contribution < 1.29 is 43.6 Å². The third-order valence-corrected chi connectivity index (χ3v) is 9.31. The molecule has 0 aliphatic heterocycles. The molecule has 1 amide bonds. The number of benzene rings is 2. The van der Waals surface area contributed by atoms with Gasteiger partial charge in [-0.25, -0.2) is 9.59 Å². The predicted octanol–water partition coefficient (Wildman–Crippen LogP) is 8.63. The number of ether oxygens (including phenoxy) is 3. The van der Waals surface area contributed by atoms with Crippen molar-refractivity contribution in [3.05, 3.63) is 66.2 Å². The fraction of sp³-hybridized carbons (Fsp3) is 0.609. The van der Waals surface area contributed by atoms with E-state index in [1.165, 1.54) is 25.3 Å². The Balaban J connectivity index is 2.27. The number of aliphatic hydroxyl groups is 2. The van der Waals surface area contributed by atoms with Crippen LogP contribution in [0.15, 0.2) is 60.7 Å². The topological polar surface area (TPSA) is 148 Å². The van der Waals surface area contributed by atoms with Crippen molar-refractivity contribution in [2.24, 2.45) is 5.92 Å².